The van der Waals surface area contributed by atoms with E-state index in [4.69, 9.17) is 5.11 Å². The summed E-state index contributed by atoms with van der Waals surface area (Å²) in [7, 11) is 0. The van der Waals surface area contributed by atoms with Crippen LogP contribution in [0.25, 0.3) is 10.9 Å². The predicted molar refractivity (Wildman–Crippen MR) is 85.6 cm³/mol. The first-order valence-electron chi connectivity index (χ1n) is 6.70. The highest BCUT2D eigenvalue weighted by molar-refractivity contribution is 9.10. The van der Waals surface area contributed by atoms with Crippen molar-refractivity contribution in [3.8, 4) is 0 Å². The average molecular weight is 369 g/mol. The summed E-state index contributed by atoms with van der Waals surface area (Å²) in [5.41, 5.74) is -0.169. The number of carboxylic acid groups (broad SMARTS) is 1. The molecule has 0 spiro atoms. The molecule has 1 amide bonds. The fourth-order valence-electron chi connectivity index (χ4n) is 2.14. The third kappa shape index (κ3) is 3.15. The first kappa shape index (κ1) is 16.5. The third-order valence-corrected chi connectivity index (χ3v) is 4.55. The molecule has 0 aliphatic heterocycles. The number of nitrogens with one attached hydrogen (secondary N) is 1. The van der Waals surface area contributed by atoms with Gasteiger partial charge in [0.1, 0.15) is 6.54 Å². The minimum atomic E-state index is -1.98. The lowest BCUT2D eigenvalue weighted by atomic mass is 10.1. The van der Waals surface area contributed by atoms with Gasteiger partial charge in [-0.2, -0.15) is 0 Å². The van der Waals surface area contributed by atoms with Crippen molar-refractivity contribution >= 4 is 38.7 Å². The molecule has 1 heterocycles. The van der Waals surface area contributed by atoms with Crippen LogP contribution in [-0.4, -0.2) is 38.8 Å². The Hall–Kier alpha value is -1.86. The molecule has 1 aromatic heterocycles. The summed E-state index contributed by atoms with van der Waals surface area (Å²) < 4.78 is 2.76. The maximum absolute atomic E-state index is 12.0. The Labute approximate surface area is 135 Å². The summed E-state index contributed by atoms with van der Waals surface area (Å²) >= 11 is 3.51. The molecular weight excluding hydrogens is 352 g/mol. The number of aliphatic hydroxyl groups is 1. The van der Waals surface area contributed by atoms with Gasteiger partial charge in [0.2, 0.25) is 5.91 Å². The van der Waals surface area contributed by atoms with E-state index in [-0.39, 0.29) is 19.0 Å². The zero-order valence-corrected chi connectivity index (χ0v) is 13.8. The van der Waals surface area contributed by atoms with E-state index in [1.165, 1.54) is 0 Å². The number of nitrogens with zero attached hydrogens (tertiary/aromatic N) is 1. The van der Waals surface area contributed by atoms with Crippen molar-refractivity contribution in [3.05, 3.63) is 34.4 Å². The Balaban J connectivity index is 2.16. The predicted octanol–water partition coefficient (Wildman–Crippen LogP) is 1.66. The molecular formula is C15H17BrN2O4. The molecule has 118 valence electrons. The van der Waals surface area contributed by atoms with E-state index < -0.39 is 11.6 Å². The summed E-state index contributed by atoms with van der Waals surface area (Å²) in [5, 5.41) is 21.9. The van der Waals surface area contributed by atoms with Crippen molar-refractivity contribution in [2.45, 2.75) is 26.0 Å². The van der Waals surface area contributed by atoms with E-state index in [2.05, 4.69) is 21.2 Å². The van der Waals surface area contributed by atoms with Gasteiger partial charge in [0.05, 0.1) is 6.54 Å². The fourth-order valence-corrected chi connectivity index (χ4v) is 2.69. The van der Waals surface area contributed by atoms with Gasteiger partial charge in [-0.25, -0.2) is 4.79 Å². The van der Waals surface area contributed by atoms with Gasteiger partial charge in [-0.05, 0) is 35.8 Å². The van der Waals surface area contributed by atoms with Crippen molar-refractivity contribution in [1.29, 1.82) is 0 Å². The van der Waals surface area contributed by atoms with Gasteiger partial charge in [-0.3, -0.25) is 4.79 Å². The summed E-state index contributed by atoms with van der Waals surface area (Å²) in [6.07, 6.45) is 0. The Kier molecular flexibility index (Phi) is 4.58. The number of carboxylic acids is 1. The zero-order chi connectivity index (χ0) is 16.5. The monoisotopic (exact) mass is 368 g/mol. The van der Waals surface area contributed by atoms with Crippen molar-refractivity contribution in [2.75, 3.05) is 6.54 Å². The van der Waals surface area contributed by atoms with Crippen molar-refractivity contribution in [1.82, 2.24) is 9.88 Å². The van der Waals surface area contributed by atoms with Crippen LogP contribution >= 0.6 is 15.9 Å². The molecule has 22 heavy (non-hydrogen) atoms. The summed E-state index contributed by atoms with van der Waals surface area (Å²) in [6, 6.07) is 7.67. The van der Waals surface area contributed by atoms with Crippen molar-refractivity contribution in [3.63, 3.8) is 0 Å². The lowest BCUT2D eigenvalue weighted by molar-refractivity contribution is -0.156. The van der Waals surface area contributed by atoms with E-state index in [1.807, 2.05) is 35.8 Å². The van der Waals surface area contributed by atoms with Gasteiger partial charge < -0.3 is 20.1 Å². The lowest BCUT2D eigenvalue weighted by Gasteiger charge is -2.18. The molecule has 6 nitrogen and oxygen atoms in total. The number of carbonyl (C=O) groups is 2. The first-order valence-corrected chi connectivity index (χ1v) is 7.49. The Morgan fingerprint density at radius 1 is 1.36 bits per heavy atom. The Morgan fingerprint density at radius 2 is 2.00 bits per heavy atom. The number of hydrogen-bond acceptors (Lipinski definition) is 3. The average Bonchev–Trinajstić information content (AvgIpc) is 2.71. The molecule has 0 radical (unpaired) electrons. The van der Waals surface area contributed by atoms with Crippen LogP contribution in [0.3, 0.4) is 0 Å². The van der Waals surface area contributed by atoms with E-state index in [1.54, 1.807) is 0 Å². The number of para-hydroxylation sites is 1. The van der Waals surface area contributed by atoms with Gasteiger partial charge in [0, 0.05) is 21.1 Å². The number of amides is 1. The standard InChI is InChI=1S/C15H17BrN2O4/c1-9-13(16)10-5-3-4-6-11(10)18(9)7-12(19)17-8-15(2,22)14(20)21/h3-6,22H,7-8H2,1-2H3,(H,17,19)(H,20,21). The molecule has 0 aliphatic rings. The molecule has 0 bridgehead atoms. The minimum Gasteiger partial charge on any atom is -0.479 e. The third-order valence-electron chi connectivity index (χ3n) is 3.55. The molecule has 0 aliphatic carbocycles. The molecule has 7 heteroatoms. The van der Waals surface area contributed by atoms with Crippen LogP contribution < -0.4 is 5.32 Å². The number of aromatic nitrogens is 1. The maximum atomic E-state index is 12.0. The largest absolute Gasteiger partial charge is 0.479 e. The van der Waals surface area contributed by atoms with E-state index >= 15 is 0 Å². The number of fused-ring (bicyclic) bond motifs is 1. The molecule has 0 saturated carbocycles. The second-order valence-electron chi connectivity index (χ2n) is 5.36. The van der Waals surface area contributed by atoms with Crippen LogP contribution in [0.4, 0.5) is 0 Å². The molecule has 1 unspecified atom stereocenters. The number of halogens is 1. The highest BCUT2D eigenvalue weighted by atomic mass is 79.9. The normalized spacial score (nSPS) is 13.8. The van der Waals surface area contributed by atoms with Gasteiger partial charge in [-0.15, -0.1) is 0 Å². The lowest BCUT2D eigenvalue weighted by Crippen LogP contribution is -2.47. The van der Waals surface area contributed by atoms with Crippen LogP contribution in [0.1, 0.15) is 12.6 Å². The van der Waals surface area contributed by atoms with Gasteiger partial charge in [0.15, 0.2) is 5.60 Å². The fraction of sp³-hybridized carbons (Fsp3) is 0.333. The van der Waals surface area contributed by atoms with E-state index in [9.17, 15) is 14.7 Å². The second kappa shape index (κ2) is 6.10. The molecule has 3 N–H and O–H groups in total. The zero-order valence-electron chi connectivity index (χ0n) is 12.3. The molecule has 0 fully saturated rings. The number of benzene rings is 1. The van der Waals surface area contributed by atoms with E-state index in [0.717, 1.165) is 28.0 Å². The maximum Gasteiger partial charge on any atom is 0.337 e. The number of hydrogen-bond donors (Lipinski definition) is 3. The Bertz CT molecular complexity index is 736. The van der Waals surface area contributed by atoms with Crippen LogP contribution in [0.2, 0.25) is 0 Å². The molecule has 1 aromatic carbocycles. The highest BCUT2D eigenvalue weighted by Gasteiger charge is 2.30. The van der Waals surface area contributed by atoms with Crippen molar-refractivity contribution < 1.29 is 19.8 Å². The van der Waals surface area contributed by atoms with Gasteiger partial charge in [-0.1, -0.05) is 18.2 Å². The van der Waals surface area contributed by atoms with E-state index in [0.29, 0.717) is 0 Å². The topological polar surface area (TPSA) is 91.6 Å². The number of aliphatic carboxylic acids is 1. The number of rotatable bonds is 5. The van der Waals surface area contributed by atoms with Crippen LogP contribution in [0.5, 0.6) is 0 Å². The van der Waals surface area contributed by atoms with Crippen LogP contribution in [0, 0.1) is 6.92 Å². The Morgan fingerprint density at radius 3 is 2.64 bits per heavy atom. The summed E-state index contributed by atoms with van der Waals surface area (Å²) in [6.45, 7) is 2.74. The molecule has 1 atom stereocenters. The molecule has 2 aromatic rings. The molecule has 0 saturated heterocycles. The van der Waals surface area contributed by atoms with Gasteiger partial charge >= 0.3 is 5.97 Å². The smallest absolute Gasteiger partial charge is 0.337 e. The number of carbonyl (C=O) groups excluding carboxylic acids is 1. The first-order chi connectivity index (χ1) is 10.2. The highest BCUT2D eigenvalue weighted by Crippen LogP contribution is 2.30. The minimum absolute atomic E-state index is 0.0493. The quantitative estimate of drug-likeness (QED) is 0.748. The van der Waals surface area contributed by atoms with Gasteiger partial charge in [0.25, 0.3) is 0 Å². The summed E-state index contributed by atoms with van der Waals surface area (Å²) in [4.78, 5) is 22.8. The molecule has 2 rings (SSSR count). The van der Waals surface area contributed by atoms with Crippen LogP contribution in [-0.2, 0) is 16.1 Å². The van der Waals surface area contributed by atoms with Crippen LogP contribution in [0.15, 0.2) is 28.7 Å². The van der Waals surface area contributed by atoms with Crippen molar-refractivity contribution in [2.24, 2.45) is 0 Å². The summed E-state index contributed by atoms with van der Waals surface area (Å²) in [5.74, 6) is -1.74. The SMILES string of the molecule is Cc1c(Br)c2ccccc2n1CC(=O)NCC(C)(O)C(=O)O. The second-order valence-corrected chi connectivity index (χ2v) is 6.15.